The van der Waals surface area contributed by atoms with Gasteiger partial charge in [-0.2, -0.15) is 0 Å². The molecule has 0 aliphatic carbocycles. The van der Waals surface area contributed by atoms with Crippen LogP contribution in [0.1, 0.15) is 24.8 Å². The van der Waals surface area contributed by atoms with Crippen LogP contribution in [0, 0.1) is 5.41 Å². The molecular weight excluding hydrogens is 264 g/mol. The molecule has 21 heavy (non-hydrogen) atoms. The first-order chi connectivity index (χ1) is 10.3. The van der Waals surface area contributed by atoms with Gasteiger partial charge in [-0.1, -0.05) is 12.1 Å². The molecule has 4 nitrogen and oxygen atoms in total. The number of ether oxygens (including phenoxy) is 2. The molecule has 2 aliphatic rings. The van der Waals surface area contributed by atoms with Crippen LogP contribution in [0.5, 0.6) is 11.5 Å². The molecule has 0 radical (unpaired) electrons. The Hall–Kier alpha value is -1.26. The lowest BCUT2D eigenvalue weighted by Crippen LogP contribution is -2.44. The predicted molar refractivity (Wildman–Crippen MR) is 84.0 cm³/mol. The van der Waals surface area contributed by atoms with Gasteiger partial charge in [-0.25, -0.2) is 0 Å². The Labute approximate surface area is 127 Å². The van der Waals surface area contributed by atoms with Crippen molar-refractivity contribution >= 4 is 0 Å². The molecule has 1 unspecified atom stereocenters. The zero-order chi connectivity index (χ0) is 14.7. The Kier molecular flexibility index (Phi) is 4.36. The van der Waals surface area contributed by atoms with Gasteiger partial charge in [0.25, 0.3) is 0 Å². The highest BCUT2D eigenvalue weighted by molar-refractivity contribution is 5.46. The summed E-state index contributed by atoms with van der Waals surface area (Å²) in [5, 5.41) is 3.54. The molecule has 1 spiro atoms. The van der Waals surface area contributed by atoms with E-state index in [9.17, 15) is 0 Å². The first-order valence-electron chi connectivity index (χ1n) is 7.89. The molecule has 4 heteroatoms. The second-order valence-electron chi connectivity index (χ2n) is 6.39. The van der Waals surface area contributed by atoms with Crippen LogP contribution in [0.4, 0.5) is 0 Å². The Morgan fingerprint density at radius 2 is 2.14 bits per heavy atom. The summed E-state index contributed by atoms with van der Waals surface area (Å²) in [5.74, 6) is 1.70. The zero-order valence-electron chi connectivity index (χ0n) is 13.2. The van der Waals surface area contributed by atoms with Crippen molar-refractivity contribution in [1.82, 2.24) is 10.2 Å². The first-order valence-corrected chi connectivity index (χ1v) is 7.89. The van der Waals surface area contributed by atoms with Crippen LogP contribution in [-0.2, 0) is 6.54 Å². The van der Waals surface area contributed by atoms with Gasteiger partial charge in [0.2, 0.25) is 0 Å². The highest BCUT2D eigenvalue weighted by atomic mass is 16.5. The second-order valence-corrected chi connectivity index (χ2v) is 6.39. The van der Waals surface area contributed by atoms with Gasteiger partial charge in [0, 0.05) is 25.2 Å². The quantitative estimate of drug-likeness (QED) is 0.922. The molecule has 2 heterocycles. The topological polar surface area (TPSA) is 33.7 Å². The van der Waals surface area contributed by atoms with Crippen molar-refractivity contribution in [3.63, 3.8) is 0 Å². The van der Waals surface area contributed by atoms with E-state index in [1.807, 2.05) is 12.1 Å². The second kappa shape index (κ2) is 6.24. The maximum atomic E-state index is 5.56. The highest BCUT2D eigenvalue weighted by Gasteiger charge is 2.37. The number of likely N-dealkylation sites (tertiary alicyclic amines) is 1. The number of piperidine rings is 1. The van der Waals surface area contributed by atoms with Gasteiger partial charge < -0.3 is 14.8 Å². The molecule has 1 aromatic rings. The summed E-state index contributed by atoms with van der Waals surface area (Å²) in [4.78, 5) is 2.58. The summed E-state index contributed by atoms with van der Waals surface area (Å²) < 4.78 is 11.0. The molecule has 2 fully saturated rings. The Balaban J connectivity index is 1.74. The Morgan fingerprint density at radius 3 is 2.86 bits per heavy atom. The maximum Gasteiger partial charge on any atom is 0.165 e. The van der Waals surface area contributed by atoms with Crippen LogP contribution in [0.2, 0.25) is 0 Å². The van der Waals surface area contributed by atoms with E-state index in [1.54, 1.807) is 14.2 Å². The van der Waals surface area contributed by atoms with Crippen molar-refractivity contribution in [3.05, 3.63) is 23.8 Å². The van der Waals surface area contributed by atoms with E-state index in [2.05, 4.69) is 16.3 Å². The van der Waals surface area contributed by atoms with E-state index >= 15 is 0 Å². The molecule has 0 bridgehead atoms. The fraction of sp³-hybridized carbons (Fsp3) is 0.647. The first kappa shape index (κ1) is 14.7. The van der Waals surface area contributed by atoms with Crippen LogP contribution in [0.15, 0.2) is 18.2 Å². The van der Waals surface area contributed by atoms with Crippen molar-refractivity contribution in [2.24, 2.45) is 5.41 Å². The van der Waals surface area contributed by atoms with Gasteiger partial charge in [0.15, 0.2) is 11.5 Å². The molecule has 1 N–H and O–H groups in total. The minimum absolute atomic E-state index is 0.504. The van der Waals surface area contributed by atoms with E-state index in [0.29, 0.717) is 5.41 Å². The molecule has 1 aromatic carbocycles. The number of hydrogen-bond acceptors (Lipinski definition) is 4. The Morgan fingerprint density at radius 1 is 1.24 bits per heavy atom. The van der Waals surface area contributed by atoms with Gasteiger partial charge >= 0.3 is 0 Å². The average Bonchev–Trinajstić information content (AvgIpc) is 2.94. The molecular formula is C17H26N2O2. The van der Waals surface area contributed by atoms with Crippen molar-refractivity contribution in [1.29, 1.82) is 0 Å². The van der Waals surface area contributed by atoms with E-state index < -0.39 is 0 Å². The molecule has 2 saturated heterocycles. The maximum absolute atomic E-state index is 5.56. The van der Waals surface area contributed by atoms with Crippen LogP contribution >= 0.6 is 0 Å². The number of para-hydroxylation sites is 1. The summed E-state index contributed by atoms with van der Waals surface area (Å²) >= 11 is 0. The lowest BCUT2D eigenvalue weighted by Gasteiger charge is -2.40. The number of methoxy groups -OCH3 is 2. The highest BCUT2D eigenvalue weighted by Crippen LogP contribution is 2.37. The largest absolute Gasteiger partial charge is 0.493 e. The molecule has 116 valence electrons. The molecule has 1 atom stereocenters. The van der Waals surface area contributed by atoms with E-state index in [1.165, 1.54) is 51.0 Å². The van der Waals surface area contributed by atoms with Gasteiger partial charge in [0.1, 0.15) is 0 Å². The predicted octanol–water partition coefficient (Wildman–Crippen LogP) is 2.28. The summed E-state index contributed by atoms with van der Waals surface area (Å²) in [5.41, 5.74) is 1.73. The van der Waals surface area contributed by atoms with Gasteiger partial charge in [-0.3, -0.25) is 4.90 Å². The van der Waals surface area contributed by atoms with Crippen molar-refractivity contribution in [2.75, 3.05) is 40.4 Å². The van der Waals surface area contributed by atoms with Crippen LogP contribution in [-0.4, -0.2) is 45.3 Å². The number of nitrogens with one attached hydrogen (secondary N) is 1. The van der Waals surface area contributed by atoms with E-state index in [4.69, 9.17) is 9.47 Å². The third kappa shape index (κ3) is 3.01. The van der Waals surface area contributed by atoms with Crippen LogP contribution in [0.25, 0.3) is 0 Å². The lowest BCUT2D eigenvalue weighted by atomic mass is 9.79. The van der Waals surface area contributed by atoms with Gasteiger partial charge in [-0.05, 0) is 43.8 Å². The number of hydrogen-bond donors (Lipinski definition) is 1. The van der Waals surface area contributed by atoms with Crippen molar-refractivity contribution in [2.45, 2.75) is 25.8 Å². The minimum Gasteiger partial charge on any atom is -0.493 e. The average molecular weight is 290 g/mol. The number of nitrogens with zero attached hydrogens (tertiary/aromatic N) is 1. The summed E-state index contributed by atoms with van der Waals surface area (Å²) in [6.07, 6.45) is 3.98. The normalized spacial score (nSPS) is 26.2. The molecule has 0 amide bonds. The fourth-order valence-corrected chi connectivity index (χ4v) is 3.91. The Bertz CT molecular complexity index is 484. The molecule has 0 aromatic heterocycles. The zero-order valence-corrected chi connectivity index (χ0v) is 13.2. The summed E-state index contributed by atoms with van der Waals surface area (Å²) in [6, 6.07) is 6.16. The minimum atomic E-state index is 0.504. The molecule has 2 aliphatic heterocycles. The van der Waals surface area contributed by atoms with Crippen LogP contribution < -0.4 is 14.8 Å². The lowest BCUT2D eigenvalue weighted by molar-refractivity contribution is 0.0970. The summed E-state index contributed by atoms with van der Waals surface area (Å²) in [6.45, 7) is 5.68. The smallest absolute Gasteiger partial charge is 0.165 e. The monoisotopic (exact) mass is 290 g/mol. The van der Waals surface area contributed by atoms with Crippen LogP contribution in [0.3, 0.4) is 0 Å². The van der Waals surface area contributed by atoms with Gasteiger partial charge in [-0.15, -0.1) is 0 Å². The standard InChI is InChI=1S/C17H26N2O2/c1-20-15-6-3-5-14(16(15)21-2)11-19-10-4-7-17(13-19)8-9-18-12-17/h3,5-6,18H,4,7-13H2,1-2H3. The third-order valence-corrected chi connectivity index (χ3v) is 4.95. The van der Waals surface area contributed by atoms with E-state index in [0.717, 1.165) is 18.0 Å². The summed E-state index contributed by atoms with van der Waals surface area (Å²) in [7, 11) is 3.42. The van der Waals surface area contributed by atoms with E-state index in [-0.39, 0.29) is 0 Å². The fourth-order valence-electron chi connectivity index (χ4n) is 3.91. The van der Waals surface area contributed by atoms with Crippen molar-refractivity contribution in [3.8, 4) is 11.5 Å². The third-order valence-electron chi connectivity index (χ3n) is 4.95. The molecule has 3 rings (SSSR count). The molecule has 0 saturated carbocycles. The van der Waals surface area contributed by atoms with Crippen molar-refractivity contribution < 1.29 is 9.47 Å². The number of benzene rings is 1. The van der Waals surface area contributed by atoms with Gasteiger partial charge in [0.05, 0.1) is 14.2 Å². The SMILES string of the molecule is COc1cccc(CN2CCCC3(CCNC3)C2)c1OC. The number of rotatable bonds is 4.